The molecule has 0 amide bonds. The Kier molecular flexibility index (Phi) is 4.23. The highest BCUT2D eigenvalue weighted by Crippen LogP contribution is 2.14. The van der Waals surface area contributed by atoms with Crippen molar-refractivity contribution in [1.29, 1.82) is 5.26 Å². The Morgan fingerprint density at radius 3 is 2.67 bits per heavy atom. The summed E-state index contributed by atoms with van der Waals surface area (Å²) < 4.78 is 2.26. The lowest BCUT2D eigenvalue weighted by molar-refractivity contribution is 0.666. The molecule has 0 unspecified atom stereocenters. The molecule has 2 rings (SSSR count). The second kappa shape index (κ2) is 5.93. The second-order valence-corrected chi connectivity index (χ2v) is 5.59. The van der Waals surface area contributed by atoms with E-state index in [0.717, 1.165) is 9.57 Å². The number of hydrogen-bond acceptors (Lipinski definition) is 6. The van der Waals surface area contributed by atoms with Gasteiger partial charge < -0.3 is 4.90 Å². The van der Waals surface area contributed by atoms with Crippen LogP contribution in [-0.4, -0.2) is 27.7 Å². The van der Waals surface area contributed by atoms with Crippen LogP contribution >= 0.6 is 11.3 Å². The van der Waals surface area contributed by atoms with Crippen molar-refractivity contribution in [2.24, 2.45) is 14.1 Å². The van der Waals surface area contributed by atoms with Crippen LogP contribution in [0.2, 0.25) is 0 Å². The summed E-state index contributed by atoms with van der Waals surface area (Å²) in [7, 11) is 4.67. The van der Waals surface area contributed by atoms with Gasteiger partial charge in [-0.1, -0.05) is 0 Å². The summed E-state index contributed by atoms with van der Waals surface area (Å²) in [5.41, 5.74) is -1.05. The van der Waals surface area contributed by atoms with Crippen LogP contribution in [0.1, 0.15) is 10.6 Å². The number of anilines is 1. The van der Waals surface area contributed by atoms with Gasteiger partial charge in [-0.15, -0.1) is 11.3 Å². The largest absolute Gasteiger partial charge is 0.359 e. The SMILES string of the molecule is CN(CCc1nccs1)c1c(C#N)c(=O)n(C)c(=O)n1C. The molecule has 0 radical (unpaired) electrons. The molecule has 0 saturated heterocycles. The molecule has 0 saturated carbocycles. The van der Waals surface area contributed by atoms with Gasteiger partial charge in [0.05, 0.1) is 5.01 Å². The van der Waals surface area contributed by atoms with Crippen molar-refractivity contribution in [3.8, 4) is 6.07 Å². The molecule has 0 aliphatic carbocycles. The van der Waals surface area contributed by atoms with E-state index >= 15 is 0 Å². The molecule has 2 heterocycles. The van der Waals surface area contributed by atoms with Gasteiger partial charge in [0.15, 0.2) is 5.56 Å². The van der Waals surface area contributed by atoms with Gasteiger partial charge in [-0.05, 0) is 0 Å². The zero-order valence-corrected chi connectivity index (χ0v) is 12.8. The van der Waals surface area contributed by atoms with E-state index in [2.05, 4.69) is 4.98 Å². The van der Waals surface area contributed by atoms with Crippen molar-refractivity contribution >= 4 is 17.2 Å². The molecule has 0 atom stereocenters. The maximum Gasteiger partial charge on any atom is 0.332 e. The van der Waals surface area contributed by atoms with Crippen LogP contribution < -0.4 is 16.1 Å². The average Bonchev–Trinajstić information content (AvgIpc) is 2.99. The predicted molar refractivity (Wildman–Crippen MR) is 80.7 cm³/mol. The predicted octanol–water partition coefficient (Wildman–Crippen LogP) is 0.0911. The van der Waals surface area contributed by atoms with E-state index < -0.39 is 11.2 Å². The van der Waals surface area contributed by atoms with E-state index in [-0.39, 0.29) is 5.56 Å². The molecule has 110 valence electrons. The third kappa shape index (κ3) is 2.73. The van der Waals surface area contributed by atoms with E-state index in [0.29, 0.717) is 18.8 Å². The lowest BCUT2D eigenvalue weighted by atomic mass is 10.3. The van der Waals surface area contributed by atoms with E-state index in [1.54, 1.807) is 36.5 Å². The average molecular weight is 305 g/mol. The first-order chi connectivity index (χ1) is 9.97. The number of rotatable bonds is 4. The minimum absolute atomic E-state index is 0.0266. The molecule has 0 fully saturated rings. The Hall–Kier alpha value is -2.40. The number of likely N-dealkylation sites (N-methyl/N-ethyl adjacent to an activating group) is 1. The third-order valence-corrected chi connectivity index (χ3v) is 4.09. The van der Waals surface area contributed by atoms with Gasteiger partial charge in [-0.2, -0.15) is 5.26 Å². The zero-order chi connectivity index (χ0) is 15.6. The molecular formula is C13H15N5O2S. The van der Waals surface area contributed by atoms with E-state index in [4.69, 9.17) is 0 Å². The fraction of sp³-hybridized carbons (Fsp3) is 0.385. The maximum absolute atomic E-state index is 12.0. The number of aromatic nitrogens is 3. The van der Waals surface area contributed by atoms with Gasteiger partial charge in [0, 0.05) is 45.7 Å². The van der Waals surface area contributed by atoms with Gasteiger partial charge in [0.1, 0.15) is 11.9 Å². The highest BCUT2D eigenvalue weighted by Gasteiger charge is 2.18. The van der Waals surface area contributed by atoms with Gasteiger partial charge in [0.2, 0.25) is 0 Å². The second-order valence-electron chi connectivity index (χ2n) is 4.61. The quantitative estimate of drug-likeness (QED) is 0.799. The first kappa shape index (κ1) is 15.0. The Morgan fingerprint density at radius 2 is 2.10 bits per heavy atom. The van der Waals surface area contributed by atoms with Crippen LogP contribution in [0.15, 0.2) is 21.2 Å². The highest BCUT2D eigenvalue weighted by molar-refractivity contribution is 7.09. The lowest BCUT2D eigenvalue weighted by Gasteiger charge is -2.22. The zero-order valence-electron chi connectivity index (χ0n) is 12.0. The summed E-state index contributed by atoms with van der Waals surface area (Å²) in [6.07, 6.45) is 2.41. The van der Waals surface area contributed by atoms with E-state index in [1.807, 2.05) is 11.4 Å². The van der Waals surface area contributed by atoms with Gasteiger partial charge >= 0.3 is 5.69 Å². The van der Waals surface area contributed by atoms with Crippen LogP contribution in [0.3, 0.4) is 0 Å². The fourth-order valence-electron chi connectivity index (χ4n) is 2.12. The van der Waals surface area contributed by atoms with Crippen LogP contribution in [0.25, 0.3) is 0 Å². The van der Waals surface area contributed by atoms with Crippen molar-refractivity contribution in [3.05, 3.63) is 43.0 Å². The normalized spacial score (nSPS) is 10.4. The van der Waals surface area contributed by atoms with Gasteiger partial charge in [0.25, 0.3) is 5.56 Å². The minimum Gasteiger partial charge on any atom is -0.359 e. The summed E-state index contributed by atoms with van der Waals surface area (Å²) in [6.45, 7) is 0.558. The fourth-order valence-corrected chi connectivity index (χ4v) is 2.73. The van der Waals surface area contributed by atoms with Crippen molar-refractivity contribution in [2.45, 2.75) is 6.42 Å². The topological polar surface area (TPSA) is 83.9 Å². The van der Waals surface area contributed by atoms with Crippen molar-refractivity contribution < 1.29 is 0 Å². The van der Waals surface area contributed by atoms with Crippen molar-refractivity contribution in [3.63, 3.8) is 0 Å². The number of nitrogens with zero attached hydrogens (tertiary/aromatic N) is 5. The molecule has 0 N–H and O–H groups in total. The molecule has 2 aromatic heterocycles. The van der Waals surface area contributed by atoms with Gasteiger partial charge in [-0.3, -0.25) is 13.9 Å². The molecule has 0 aromatic carbocycles. The Morgan fingerprint density at radius 1 is 1.38 bits per heavy atom. The molecule has 0 spiro atoms. The Bertz CT molecular complexity index is 798. The third-order valence-electron chi connectivity index (χ3n) is 3.25. The Labute approximate surface area is 125 Å². The first-order valence-electron chi connectivity index (χ1n) is 6.27. The molecule has 21 heavy (non-hydrogen) atoms. The summed E-state index contributed by atoms with van der Waals surface area (Å²) >= 11 is 1.55. The molecule has 0 aliphatic rings. The molecular weight excluding hydrogens is 290 g/mol. The summed E-state index contributed by atoms with van der Waals surface area (Å²) in [4.78, 5) is 29.9. The number of nitriles is 1. The Balaban J connectivity index is 2.41. The summed E-state index contributed by atoms with van der Waals surface area (Å²) in [5, 5.41) is 12.1. The smallest absolute Gasteiger partial charge is 0.332 e. The maximum atomic E-state index is 12.0. The molecule has 0 aliphatic heterocycles. The van der Waals surface area contributed by atoms with Crippen LogP contribution in [0, 0.1) is 11.3 Å². The molecule has 0 bridgehead atoms. The van der Waals surface area contributed by atoms with Crippen molar-refractivity contribution in [2.75, 3.05) is 18.5 Å². The van der Waals surface area contributed by atoms with Gasteiger partial charge in [-0.25, -0.2) is 9.78 Å². The van der Waals surface area contributed by atoms with Crippen LogP contribution in [0.4, 0.5) is 5.82 Å². The minimum atomic E-state index is -0.573. The monoisotopic (exact) mass is 305 g/mol. The summed E-state index contributed by atoms with van der Waals surface area (Å²) in [6, 6.07) is 1.90. The molecule has 2 aromatic rings. The standard InChI is InChI=1S/C13H15N5O2S/c1-16(6-4-10-15-5-7-21-10)11-9(8-14)12(19)18(3)13(20)17(11)2/h5,7H,4,6H2,1-3H3. The van der Waals surface area contributed by atoms with Crippen LogP contribution in [-0.2, 0) is 20.5 Å². The summed E-state index contributed by atoms with van der Waals surface area (Å²) in [5.74, 6) is 0.335. The van der Waals surface area contributed by atoms with E-state index in [1.165, 1.54) is 11.6 Å². The molecule has 8 heteroatoms. The van der Waals surface area contributed by atoms with Crippen molar-refractivity contribution in [1.82, 2.24) is 14.1 Å². The number of hydrogen-bond donors (Lipinski definition) is 0. The first-order valence-corrected chi connectivity index (χ1v) is 7.15. The number of thiazole rings is 1. The van der Waals surface area contributed by atoms with Crippen LogP contribution in [0.5, 0.6) is 0 Å². The lowest BCUT2D eigenvalue weighted by Crippen LogP contribution is -2.42. The van der Waals surface area contributed by atoms with E-state index in [9.17, 15) is 14.9 Å². The highest BCUT2D eigenvalue weighted by atomic mass is 32.1. The molecule has 7 nitrogen and oxygen atoms in total.